The zero-order chi connectivity index (χ0) is 14.7. The Morgan fingerprint density at radius 1 is 1.05 bits per heavy atom. The van der Waals surface area contributed by atoms with Crippen LogP contribution in [0.15, 0.2) is 36.4 Å². The summed E-state index contributed by atoms with van der Waals surface area (Å²) >= 11 is 6.40. The van der Waals surface area contributed by atoms with Crippen LogP contribution in [-0.4, -0.2) is 14.2 Å². The van der Waals surface area contributed by atoms with Crippen molar-refractivity contribution in [2.24, 2.45) is 0 Å². The molecule has 0 aliphatic carbocycles. The third-order valence-corrected chi connectivity index (χ3v) is 3.87. The molecule has 0 saturated heterocycles. The summed E-state index contributed by atoms with van der Waals surface area (Å²) in [7, 11) is 3.59. The predicted octanol–water partition coefficient (Wildman–Crippen LogP) is 4.27. The topological polar surface area (TPSA) is 21.3 Å². The molecule has 1 N–H and O–H groups in total. The van der Waals surface area contributed by atoms with E-state index >= 15 is 0 Å². The van der Waals surface area contributed by atoms with Gasteiger partial charge in [0.15, 0.2) is 0 Å². The number of rotatable bonds is 4. The van der Waals surface area contributed by atoms with Gasteiger partial charge in [-0.3, -0.25) is 0 Å². The molecular formula is C17H20ClNO. The number of aryl methyl sites for hydroxylation is 2. The van der Waals surface area contributed by atoms with Gasteiger partial charge in [0.05, 0.1) is 13.2 Å². The van der Waals surface area contributed by atoms with Crippen molar-refractivity contribution in [2.75, 3.05) is 14.2 Å². The van der Waals surface area contributed by atoms with Gasteiger partial charge >= 0.3 is 0 Å². The van der Waals surface area contributed by atoms with Gasteiger partial charge in [0.2, 0.25) is 0 Å². The van der Waals surface area contributed by atoms with Crippen molar-refractivity contribution in [3.05, 3.63) is 63.7 Å². The van der Waals surface area contributed by atoms with Gasteiger partial charge in [-0.25, -0.2) is 0 Å². The van der Waals surface area contributed by atoms with E-state index in [-0.39, 0.29) is 6.04 Å². The van der Waals surface area contributed by atoms with Crippen LogP contribution in [0.2, 0.25) is 5.02 Å². The molecule has 2 rings (SSSR count). The monoisotopic (exact) mass is 289 g/mol. The number of benzene rings is 2. The number of halogens is 1. The van der Waals surface area contributed by atoms with Crippen molar-refractivity contribution in [1.82, 2.24) is 5.32 Å². The number of hydrogen-bond acceptors (Lipinski definition) is 2. The summed E-state index contributed by atoms with van der Waals surface area (Å²) in [5, 5.41) is 4.06. The molecule has 1 atom stereocenters. The van der Waals surface area contributed by atoms with Crippen molar-refractivity contribution in [3.63, 3.8) is 0 Å². The molecule has 106 valence electrons. The van der Waals surface area contributed by atoms with Crippen LogP contribution in [0.1, 0.15) is 28.3 Å². The summed E-state index contributed by atoms with van der Waals surface area (Å²) in [6.45, 7) is 4.23. The fourth-order valence-electron chi connectivity index (χ4n) is 2.50. The van der Waals surface area contributed by atoms with Crippen LogP contribution in [-0.2, 0) is 0 Å². The average Bonchev–Trinajstić information content (AvgIpc) is 2.43. The fraction of sp³-hybridized carbons (Fsp3) is 0.294. The molecule has 2 aromatic carbocycles. The third kappa shape index (κ3) is 2.97. The second kappa shape index (κ2) is 6.29. The molecule has 0 bridgehead atoms. The van der Waals surface area contributed by atoms with Gasteiger partial charge in [-0.05, 0) is 49.7 Å². The lowest BCUT2D eigenvalue weighted by molar-refractivity contribution is 0.414. The highest BCUT2D eigenvalue weighted by atomic mass is 35.5. The lowest BCUT2D eigenvalue weighted by Gasteiger charge is -2.21. The molecule has 0 spiro atoms. The van der Waals surface area contributed by atoms with Gasteiger partial charge in [0, 0.05) is 5.02 Å². The van der Waals surface area contributed by atoms with E-state index < -0.39 is 0 Å². The first-order valence-electron chi connectivity index (χ1n) is 6.64. The second-order valence-electron chi connectivity index (χ2n) is 4.97. The van der Waals surface area contributed by atoms with Gasteiger partial charge in [0.25, 0.3) is 0 Å². The smallest absolute Gasteiger partial charge is 0.120 e. The van der Waals surface area contributed by atoms with Crippen LogP contribution < -0.4 is 10.1 Å². The summed E-state index contributed by atoms with van der Waals surface area (Å²) < 4.78 is 5.20. The normalized spacial score (nSPS) is 12.2. The molecule has 0 amide bonds. The summed E-state index contributed by atoms with van der Waals surface area (Å²) in [5.74, 6) is 0.772. The summed E-state index contributed by atoms with van der Waals surface area (Å²) in [4.78, 5) is 0. The molecule has 0 saturated carbocycles. The van der Waals surface area contributed by atoms with E-state index in [4.69, 9.17) is 16.3 Å². The van der Waals surface area contributed by atoms with Crippen LogP contribution in [0.25, 0.3) is 0 Å². The largest absolute Gasteiger partial charge is 0.497 e. The lowest BCUT2D eigenvalue weighted by atomic mass is 9.94. The van der Waals surface area contributed by atoms with Gasteiger partial charge in [0.1, 0.15) is 5.75 Å². The number of methoxy groups -OCH3 is 1. The highest BCUT2D eigenvalue weighted by molar-refractivity contribution is 6.31. The molecule has 2 aromatic rings. The Morgan fingerprint density at radius 2 is 1.75 bits per heavy atom. The molecule has 0 aliphatic rings. The minimum absolute atomic E-state index is 0.0778. The van der Waals surface area contributed by atoms with Gasteiger partial charge < -0.3 is 10.1 Å². The Morgan fingerprint density at radius 3 is 2.30 bits per heavy atom. The molecule has 0 radical (unpaired) electrons. The van der Waals surface area contributed by atoms with Crippen LogP contribution in [0, 0.1) is 13.8 Å². The van der Waals surface area contributed by atoms with Gasteiger partial charge in [-0.15, -0.1) is 0 Å². The fourth-order valence-corrected chi connectivity index (χ4v) is 2.78. The first kappa shape index (κ1) is 14.9. The Bertz CT molecular complexity index is 610. The Kier molecular flexibility index (Phi) is 4.69. The lowest BCUT2D eigenvalue weighted by Crippen LogP contribution is -2.19. The van der Waals surface area contributed by atoms with Crippen molar-refractivity contribution in [1.29, 1.82) is 0 Å². The first-order valence-corrected chi connectivity index (χ1v) is 7.02. The molecule has 0 aliphatic heterocycles. The average molecular weight is 290 g/mol. The molecule has 20 heavy (non-hydrogen) atoms. The molecule has 2 nitrogen and oxygen atoms in total. The molecule has 0 fully saturated rings. The van der Waals surface area contributed by atoms with E-state index in [1.165, 1.54) is 16.7 Å². The zero-order valence-electron chi connectivity index (χ0n) is 12.3. The van der Waals surface area contributed by atoms with Crippen LogP contribution in [0.3, 0.4) is 0 Å². The van der Waals surface area contributed by atoms with Crippen molar-refractivity contribution in [3.8, 4) is 5.75 Å². The van der Waals surface area contributed by atoms with E-state index in [0.717, 1.165) is 11.3 Å². The molecule has 0 aromatic heterocycles. The minimum Gasteiger partial charge on any atom is -0.497 e. The van der Waals surface area contributed by atoms with E-state index in [1.807, 2.05) is 25.2 Å². The second-order valence-corrected chi connectivity index (χ2v) is 5.38. The van der Waals surface area contributed by atoms with Gasteiger partial charge in [-0.2, -0.15) is 0 Å². The highest BCUT2D eigenvalue weighted by Crippen LogP contribution is 2.32. The minimum atomic E-state index is 0.0778. The maximum absolute atomic E-state index is 6.40. The third-order valence-electron chi connectivity index (χ3n) is 3.54. The quantitative estimate of drug-likeness (QED) is 0.907. The maximum atomic E-state index is 6.40. The van der Waals surface area contributed by atoms with E-state index in [0.29, 0.717) is 5.02 Å². The van der Waals surface area contributed by atoms with Gasteiger partial charge in [-0.1, -0.05) is 41.4 Å². The Balaban J connectivity index is 2.47. The zero-order valence-corrected chi connectivity index (χ0v) is 13.1. The number of hydrogen-bond donors (Lipinski definition) is 1. The summed E-state index contributed by atoms with van der Waals surface area (Å²) in [6, 6.07) is 12.4. The van der Waals surface area contributed by atoms with Crippen molar-refractivity contribution in [2.45, 2.75) is 19.9 Å². The molecule has 1 unspecified atom stereocenters. The Hall–Kier alpha value is -1.51. The molecule has 3 heteroatoms. The van der Waals surface area contributed by atoms with E-state index in [2.05, 4.69) is 37.4 Å². The van der Waals surface area contributed by atoms with E-state index in [9.17, 15) is 0 Å². The molecule has 0 heterocycles. The maximum Gasteiger partial charge on any atom is 0.120 e. The summed E-state index contributed by atoms with van der Waals surface area (Å²) in [5.41, 5.74) is 4.82. The SMILES string of the molecule is CNC(c1ccc(C)cc1C)c1ccc(OC)cc1Cl. The van der Waals surface area contributed by atoms with Crippen molar-refractivity contribution >= 4 is 11.6 Å². The Labute approximate surface area is 125 Å². The highest BCUT2D eigenvalue weighted by Gasteiger charge is 2.17. The van der Waals surface area contributed by atoms with Crippen LogP contribution in [0.5, 0.6) is 5.75 Å². The summed E-state index contributed by atoms with van der Waals surface area (Å²) in [6.07, 6.45) is 0. The standard InChI is InChI=1S/C17H20ClNO/c1-11-5-7-14(12(2)9-11)17(19-3)15-8-6-13(20-4)10-16(15)18/h5-10,17,19H,1-4H3. The van der Waals surface area contributed by atoms with Crippen molar-refractivity contribution < 1.29 is 4.74 Å². The van der Waals surface area contributed by atoms with Crippen LogP contribution in [0.4, 0.5) is 0 Å². The first-order chi connectivity index (χ1) is 9.56. The predicted molar refractivity (Wildman–Crippen MR) is 84.8 cm³/mol. The number of ether oxygens (including phenoxy) is 1. The number of nitrogens with one attached hydrogen (secondary N) is 1. The van der Waals surface area contributed by atoms with Crippen LogP contribution >= 0.6 is 11.6 Å². The molecular weight excluding hydrogens is 270 g/mol. The van der Waals surface area contributed by atoms with E-state index in [1.54, 1.807) is 7.11 Å².